The molecule has 0 bridgehead atoms. The predicted molar refractivity (Wildman–Crippen MR) is 71.2 cm³/mol. The van der Waals surface area contributed by atoms with Crippen LogP contribution in [0.2, 0.25) is 0 Å². The van der Waals surface area contributed by atoms with E-state index in [9.17, 15) is 10.2 Å². The zero-order valence-electron chi connectivity index (χ0n) is 10.9. The lowest BCUT2D eigenvalue weighted by molar-refractivity contribution is 0.0318. The summed E-state index contributed by atoms with van der Waals surface area (Å²) in [6.45, 7) is 1.20. The van der Waals surface area contributed by atoms with Crippen LogP contribution in [0, 0.1) is 0 Å². The van der Waals surface area contributed by atoms with Crippen molar-refractivity contribution in [3.8, 4) is 0 Å². The Morgan fingerprint density at radius 3 is 2.39 bits per heavy atom. The lowest BCUT2D eigenvalue weighted by Crippen LogP contribution is -2.34. The zero-order valence-corrected chi connectivity index (χ0v) is 10.9. The fourth-order valence-corrected chi connectivity index (χ4v) is 1.80. The van der Waals surface area contributed by atoms with Gasteiger partial charge in [-0.15, -0.1) is 0 Å². The fraction of sp³-hybridized carbons (Fsp3) is 0.538. The van der Waals surface area contributed by atoms with Gasteiger partial charge in [0.25, 0.3) is 0 Å². The predicted octanol–water partition coefficient (Wildman–Crippen LogP) is 0.241. The van der Waals surface area contributed by atoms with E-state index in [4.69, 9.17) is 10.5 Å². The van der Waals surface area contributed by atoms with Crippen LogP contribution in [0.5, 0.6) is 0 Å². The van der Waals surface area contributed by atoms with Crippen LogP contribution in [-0.4, -0.2) is 55.1 Å². The average Bonchev–Trinajstić information content (AvgIpc) is 2.29. The molecule has 4 N–H and O–H groups in total. The molecule has 0 aromatic heterocycles. The number of nitrogens with zero attached hydrogens (tertiary/aromatic N) is 1. The molecule has 0 aliphatic rings. The highest BCUT2D eigenvalue weighted by atomic mass is 16.5. The van der Waals surface area contributed by atoms with Crippen LogP contribution in [0.1, 0.15) is 11.7 Å². The standard InChI is InChI=1S/C13H22N2O3/c1-15(7-12(16)9-18-2)8-13(17)10-3-5-11(14)6-4-10/h3-6,12-13,16-17H,7-9,14H2,1-2H3. The Morgan fingerprint density at radius 2 is 1.83 bits per heavy atom. The summed E-state index contributed by atoms with van der Waals surface area (Å²) in [5, 5.41) is 19.6. The molecule has 0 saturated heterocycles. The van der Waals surface area contributed by atoms with Gasteiger partial charge < -0.3 is 25.6 Å². The van der Waals surface area contributed by atoms with Crippen LogP contribution >= 0.6 is 0 Å². The first kappa shape index (κ1) is 14.9. The first-order valence-corrected chi connectivity index (χ1v) is 5.92. The van der Waals surface area contributed by atoms with Crippen LogP contribution in [0.3, 0.4) is 0 Å². The number of nitrogen functional groups attached to an aromatic ring is 1. The minimum absolute atomic E-state index is 0.294. The molecular formula is C13H22N2O3. The Kier molecular flexibility index (Phi) is 6.07. The number of aliphatic hydroxyl groups is 2. The lowest BCUT2D eigenvalue weighted by Gasteiger charge is -2.23. The summed E-state index contributed by atoms with van der Waals surface area (Å²) in [5.41, 5.74) is 7.08. The molecule has 1 aromatic rings. The van der Waals surface area contributed by atoms with Gasteiger partial charge in [-0.25, -0.2) is 0 Å². The van der Waals surface area contributed by atoms with Crippen LogP contribution < -0.4 is 5.73 Å². The van der Waals surface area contributed by atoms with Gasteiger partial charge in [0.15, 0.2) is 0 Å². The van der Waals surface area contributed by atoms with E-state index < -0.39 is 12.2 Å². The number of hydrogen-bond acceptors (Lipinski definition) is 5. The van der Waals surface area contributed by atoms with Crippen LogP contribution in [0.25, 0.3) is 0 Å². The summed E-state index contributed by atoms with van der Waals surface area (Å²) in [7, 11) is 3.39. The number of hydrogen-bond donors (Lipinski definition) is 3. The van der Waals surface area contributed by atoms with Crippen LogP contribution in [0.15, 0.2) is 24.3 Å². The third kappa shape index (κ3) is 5.01. The number of methoxy groups -OCH3 is 1. The highest BCUT2D eigenvalue weighted by Gasteiger charge is 2.13. The summed E-state index contributed by atoms with van der Waals surface area (Å²) < 4.78 is 4.85. The van der Waals surface area contributed by atoms with Gasteiger partial charge in [0, 0.05) is 25.9 Å². The Morgan fingerprint density at radius 1 is 1.22 bits per heavy atom. The number of benzene rings is 1. The van der Waals surface area contributed by atoms with Crippen molar-refractivity contribution >= 4 is 5.69 Å². The Hall–Kier alpha value is -1.14. The van der Waals surface area contributed by atoms with Gasteiger partial charge in [-0.05, 0) is 24.7 Å². The average molecular weight is 254 g/mol. The molecule has 2 atom stereocenters. The SMILES string of the molecule is COCC(O)CN(C)CC(O)c1ccc(N)cc1. The van der Waals surface area contributed by atoms with E-state index in [1.165, 1.54) is 0 Å². The van der Waals surface area contributed by atoms with E-state index in [2.05, 4.69) is 0 Å². The third-order valence-electron chi connectivity index (χ3n) is 2.69. The molecule has 0 spiro atoms. The monoisotopic (exact) mass is 254 g/mol. The minimum Gasteiger partial charge on any atom is -0.399 e. The third-order valence-corrected chi connectivity index (χ3v) is 2.69. The number of rotatable bonds is 7. The molecular weight excluding hydrogens is 232 g/mol. The van der Waals surface area contributed by atoms with E-state index in [0.717, 1.165) is 5.56 Å². The molecule has 5 nitrogen and oxygen atoms in total. The molecule has 0 aliphatic carbocycles. The van der Waals surface area contributed by atoms with Gasteiger partial charge in [-0.2, -0.15) is 0 Å². The number of anilines is 1. The highest BCUT2D eigenvalue weighted by Crippen LogP contribution is 2.15. The topological polar surface area (TPSA) is 79.0 Å². The normalized spacial score (nSPS) is 14.7. The second kappa shape index (κ2) is 7.33. The van der Waals surface area contributed by atoms with Crippen molar-refractivity contribution in [2.24, 2.45) is 0 Å². The molecule has 0 fully saturated rings. The number of ether oxygens (including phenoxy) is 1. The molecule has 0 amide bonds. The maximum Gasteiger partial charge on any atom is 0.0916 e. The van der Waals surface area contributed by atoms with Gasteiger partial charge in [-0.1, -0.05) is 12.1 Å². The summed E-state index contributed by atoms with van der Waals surface area (Å²) in [6.07, 6.45) is -1.14. The number of aliphatic hydroxyl groups excluding tert-OH is 2. The van der Waals surface area contributed by atoms with Crippen molar-refractivity contribution in [2.75, 3.05) is 39.6 Å². The molecule has 102 valence electrons. The molecule has 0 heterocycles. The van der Waals surface area contributed by atoms with Gasteiger partial charge >= 0.3 is 0 Å². The number of likely N-dealkylation sites (N-methyl/N-ethyl adjacent to an activating group) is 1. The highest BCUT2D eigenvalue weighted by molar-refractivity contribution is 5.39. The maximum absolute atomic E-state index is 10.0. The fourth-order valence-electron chi connectivity index (χ4n) is 1.80. The largest absolute Gasteiger partial charge is 0.399 e. The maximum atomic E-state index is 10.0. The molecule has 0 radical (unpaired) electrons. The summed E-state index contributed by atoms with van der Waals surface area (Å²) >= 11 is 0. The smallest absolute Gasteiger partial charge is 0.0916 e. The van der Waals surface area contributed by atoms with E-state index in [-0.39, 0.29) is 0 Å². The van der Waals surface area contributed by atoms with E-state index in [1.54, 1.807) is 31.4 Å². The molecule has 0 aliphatic heterocycles. The van der Waals surface area contributed by atoms with Gasteiger partial charge in [0.1, 0.15) is 0 Å². The minimum atomic E-state index is -0.592. The molecule has 2 unspecified atom stereocenters. The van der Waals surface area contributed by atoms with Crippen molar-refractivity contribution in [1.29, 1.82) is 0 Å². The molecule has 0 saturated carbocycles. The second-order valence-electron chi connectivity index (χ2n) is 4.51. The quantitative estimate of drug-likeness (QED) is 0.608. The van der Waals surface area contributed by atoms with Crippen molar-refractivity contribution in [2.45, 2.75) is 12.2 Å². The Bertz CT molecular complexity index is 343. The number of nitrogens with two attached hydrogens (primary N) is 1. The molecule has 1 rings (SSSR count). The lowest BCUT2D eigenvalue weighted by atomic mass is 10.1. The Balaban J connectivity index is 2.43. The summed E-state index contributed by atoms with van der Waals surface area (Å²) in [4.78, 5) is 1.87. The molecule has 18 heavy (non-hydrogen) atoms. The van der Waals surface area contributed by atoms with Crippen LogP contribution in [-0.2, 0) is 4.74 Å². The summed E-state index contributed by atoms with van der Waals surface area (Å²) in [6, 6.07) is 7.13. The first-order chi connectivity index (χ1) is 8.52. The summed E-state index contributed by atoms with van der Waals surface area (Å²) in [5.74, 6) is 0. The first-order valence-electron chi connectivity index (χ1n) is 5.92. The van der Waals surface area contributed by atoms with Crippen molar-refractivity contribution in [1.82, 2.24) is 4.90 Å². The van der Waals surface area contributed by atoms with Crippen molar-refractivity contribution < 1.29 is 14.9 Å². The van der Waals surface area contributed by atoms with Crippen molar-refractivity contribution in [3.63, 3.8) is 0 Å². The zero-order chi connectivity index (χ0) is 13.5. The Labute approximate surface area is 108 Å². The van der Waals surface area contributed by atoms with E-state index in [1.807, 2.05) is 11.9 Å². The van der Waals surface area contributed by atoms with Gasteiger partial charge in [0.05, 0.1) is 18.8 Å². The van der Waals surface area contributed by atoms with Gasteiger partial charge in [0.2, 0.25) is 0 Å². The molecule has 1 aromatic carbocycles. The second-order valence-corrected chi connectivity index (χ2v) is 4.51. The van der Waals surface area contributed by atoms with E-state index in [0.29, 0.717) is 25.4 Å². The molecule has 5 heteroatoms. The van der Waals surface area contributed by atoms with E-state index >= 15 is 0 Å². The van der Waals surface area contributed by atoms with Crippen molar-refractivity contribution in [3.05, 3.63) is 29.8 Å². The van der Waals surface area contributed by atoms with Crippen LogP contribution in [0.4, 0.5) is 5.69 Å². The van der Waals surface area contributed by atoms with Gasteiger partial charge in [-0.3, -0.25) is 0 Å².